The lowest BCUT2D eigenvalue weighted by molar-refractivity contribution is 0.482. The average Bonchev–Trinajstić information content (AvgIpc) is 1.63. The maximum Gasteiger partial charge on any atom is 0.264 e. The molecule has 0 rings (SSSR count). The third kappa shape index (κ3) is 8.61. The Morgan fingerprint density at radius 2 is 2.11 bits per heavy atom. The normalized spacial score (nSPS) is 11.8. The molecule has 0 saturated carbocycles. The van der Waals surface area contributed by atoms with E-state index >= 15 is 0 Å². The summed E-state index contributed by atoms with van der Waals surface area (Å²) in [5.41, 5.74) is 0. The van der Waals surface area contributed by atoms with E-state index in [0.29, 0.717) is 12.2 Å². The fourth-order valence-corrected chi connectivity index (χ4v) is 1.66. The number of hydrogen-bond donors (Lipinski definition) is 2. The Morgan fingerprint density at radius 1 is 1.56 bits per heavy atom. The van der Waals surface area contributed by atoms with Gasteiger partial charge in [-0.3, -0.25) is 4.55 Å². The molecule has 3 nitrogen and oxygen atoms in total. The Bertz CT molecular complexity index is 150. The molecular weight excluding hydrogens is 180 g/mol. The first-order valence-electron chi connectivity index (χ1n) is 2.28. The van der Waals surface area contributed by atoms with Crippen molar-refractivity contribution in [2.24, 2.45) is 0 Å². The topological polar surface area (TPSA) is 54.4 Å². The Kier molecular flexibility index (Phi) is 4.73. The van der Waals surface area contributed by atoms with Crippen LogP contribution in [0.5, 0.6) is 0 Å². The van der Waals surface area contributed by atoms with Crippen LogP contribution in [-0.4, -0.2) is 24.5 Å². The Balaban J connectivity index is 3.30. The van der Waals surface area contributed by atoms with Gasteiger partial charge in [0.1, 0.15) is 0 Å². The summed E-state index contributed by atoms with van der Waals surface area (Å²) < 4.78 is 28.2. The van der Waals surface area contributed by atoms with E-state index in [0.717, 1.165) is 0 Å². The molecule has 0 aliphatic heterocycles. The zero-order valence-electron chi connectivity index (χ0n) is 4.65. The summed E-state index contributed by atoms with van der Waals surface area (Å²) in [4.78, 5) is 0. The third-order valence-electron chi connectivity index (χ3n) is 0.638. The van der Waals surface area contributed by atoms with Gasteiger partial charge in [0, 0.05) is 5.75 Å². The summed E-state index contributed by atoms with van der Waals surface area (Å²) in [6, 6.07) is 0. The van der Waals surface area contributed by atoms with Crippen LogP contribution in [0.15, 0.2) is 0 Å². The Morgan fingerprint density at radius 3 is 2.44 bits per heavy atom. The molecule has 0 spiro atoms. The second-order valence-electron chi connectivity index (χ2n) is 1.47. The first-order chi connectivity index (χ1) is 4.06. The van der Waals surface area contributed by atoms with Crippen LogP contribution in [0.2, 0.25) is 0 Å². The van der Waals surface area contributed by atoms with E-state index in [1.807, 2.05) is 0 Å². The van der Waals surface area contributed by atoms with Crippen molar-refractivity contribution in [1.29, 1.82) is 0 Å². The number of hydrogen-bond acceptors (Lipinski definition) is 4. The highest BCUT2D eigenvalue weighted by molar-refractivity contribution is 8.68. The van der Waals surface area contributed by atoms with Crippen molar-refractivity contribution in [3.05, 3.63) is 0 Å². The average molecular weight is 188 g/mol. The predicted molar refractivity (Wildman–Crippen MR) is 42.5 cm³/mol. The zero-order chi connectivity index (χ0) is 7.33. The van der Waals surface area contributed by atoms with Gasteiger partial charge in [-0.25, -0.2) is 0 Å². The molecule has 6 heteroatoms. The molecule has 0 heterocycles. The molecule has 1 N–H and O–H groups in total. The van der Waals surface area contributed by atoms with Crippen LogP contribution >= 0.6 is 22.5 Å². The van der Waals surface area contributed by atoms with Gasteiger partial charge >= 0.3 is 0 Å². The van der Waals surface area contributed by atoms with Gasteiger partial charge in [-0.1, -0.05) is 10.8 Å². The van der Waals surface area contributed by atoms with E-state index in [9.17, 15) is 8.42 Å². The summed E-state index contributed by atoms with van der Waals surface area (Å²) in [5.74, 6) is 0.476. The van der Waals surface area contributed by atoms with Crippen molar-refractivity contribution in [3.63, 3.8) is 0 Å². The van der Waals surface area contributed by atoms with Crippen molar-refractivity contribution >= 4 is 32.6 Å². The smallest absolute Gasteiger partial charge is 0.264 e. The van der Waals surface area contributed by atoms with Gasteiger partial charge in [0.2, 0.25) is 0 Å². The van der Waals surface area contributed by atoms with Crippen LogP contribution in [-0.2, 0) is 10.1 Å². The molecule has 0 saturated heterocycles. The number of rotatable bonds is 4. The molecule has 0 amide bonds. The zero-order valence-corrected chi connectivity index (χ0v) is 7.18. The van der Waals surface area contributed by atoms with Crippen molar-refractivity contribution in [2.45, 2.75) is 6.42 Å². The van der Waals surface area contributed by atoms with E-state index < -0.39 is 10.1 Å². The minimum Gasteiger partial charge on any atom is -0.286 e. The summed E-state index contributed by atoms with van der Waals surface area (Å²) in [5, 5.41) is 0. The Labute approximate surface area is 63.8 Å². The van der Waals surface area contributed by atoms with Crippen molar-refractivity contribution < 1.29 is 13.0 Å². The standard InChI is InChI=1S/C3H8O3S3/c4-9(5,6)3-1-2-8-7/h7H,1-3H2,(H,4,5,6). The van der Waals surface area contributed by atoms with E-state index in [1.54, 1.807) is 0 Å². The van der Waals surface area contributed by atoms with E-state index in [1.165, 1.54) is 10.8 Å². The van der Waals surface area contributed by atoms with Gasteiger partial charge in [-0.05, 0) is 6.42 Å². The molecular formula is C3H8O3S3. The van der Waals surface area contributed by atoms with Gasteiger partial charge in [0.25, 0.3) is 10.1 Å². The van der Waals surface area contributed by atoms with Crippen LogP contribution < -0.4 is 0 Å². The summed E-state index contributed by atoms with van der Waals surface area (Å²) >= 11 is 3.79. The van der Waals surface area contributed by atoms with E-state index in [-0.39, 0.29) is 5.75 Å². The second kappa shape index (κ2) is 4.43. The van der Waals surface area contributed by atoms with Gasteiger partial charge in [-0.2, -0.15) is 8.42 Å². The van der Waals surface area contributed by atoms with Crippen molar-refractivity contribution in [2.75, 3.05) is 11.5 Å². The van der Waals surface area contributed by atoms with Crippen molar-refractivity contribution in [1.82, 2.24) is 0 Å². The lowest BCUT2D eigenvalue weighted by atomic mass is 10.6. The molecule has 0 aromatic rings. The monoisotopic (exact) mass is 188 g/mol. The summed E-state index contributed by atoms with van der Waals surface area (Å²) in [7, 11) is -2.48. The van der Waals surface area contributed by atoms with Crippen LogP contribution in [0.4, 0.5) is 0 Å². The third-order valence-corrected chi connectivity index (χ3v) is 2.46. The maximum atomic E-state index is 10.0. The van der Waals surface area contributed by atoms with Gasteiger partial charge in [0.05, 0.1) is 5.75 Å². The van der Waals surface area contributed by atoms with Crippen molar-refractivity contribution in [3.8, 4) is 0 Å². The quantitative estimate of drug-likeness (QED) is 0.297. The highest BCUT2D eigenvalue weighted by Gasteiger charge is 2.01. The summed E-state index contributed by atoms with van der Waals surface area (Å²) in [6.07, 6.45) is 0.451. The SMILES string of the molecule is O=S(=O)(O)CCCSS. The minimum absolute atomic E-state index is 0.166. The minimum atomic E-state index is -3.74. The molecule has 0 aromatic carbocycles. The highest BCUT2D eigenvalue weighted by Crippen LogP contribution is 2.06. The largest absolute Gasteiger partial charge is 0.286 e. The molecule has 0 bridgehead atoms. The lowest BCUT2D eigenvalue weighted by Gasteiger charge is -1.92. The highest BCUT2D eigenvalue weighted by atomic mass is 33.1. The molecule has 56 valence electrons. The molecule has 9 heavy (non-hydrogen) atoms. The van der Waals surface area contributed by atoms with Crippen LogP contribution in [0.3, 0.4) is 0 Å². The van der Waals surface area contributed by atoms with Gasteiger partial charge in [-0.15, -0.1) is 11.7 Å². The molecule has 0 fully saturated rings. The van der Waals surface area contributed by atoms with Crippen LogP contribution in [0.1, 0.15) is 6.42 Å². The molecule has 0 unspecified atom stereocenters. The molecule has 0 aromatic heterocycles. The first kappa shape index (κ1) is 9.61. The number of thiol groups is 1. The maximum absolute atomic E-state index is 10.0. The molecule has 0 radical (unpaired) electrons. The van der Waals surface area contributed by atoms with E-state index in [4.69, 9.17) is 4.55 Å². The van der Waals surface area contributed by atoms with Crippen LogP contribution in [0, 0.1) is 0 Å². The predicted octanol–water partition coefficient (Wildman–Crippen LogP) is 0.842. The van der Waals surface area contributed by atoms with Gasteiger partial charge < -0.3 is 0 Å². The Hall–Kier alpha value is 0.610. The molecule has 0 atom stereocenters. The van der Waals surface area contributed by atoms with Gasteiger partial charge in [0.15, 0.2) is 0 Å². The summed E-state index contributed by atoms with van der Waals surface area (Å²) in [6.45, 7) is 0. The van der Waals surface area contributed by atoms with Crippen LogP contribution in [0.25, 0.3) is 0 Å². The molecule has 0 aliphatic carbocycles. The fourth-order valence-electron chi connectivity index (χ4n) is 0.306. The van der Waals surface area contributed by atoms with E-state index in [2.05, 4.69) is 11.7 Å². The fraction of sp³-hybridized carbons (Fsp3) is 1.00. The lowest BCUT2D eigenvalue weighted by Crippen LogP contribution is -2.03. The first-order valence-corrected chi connectivity index (χ1v) is 5.92. The molecule has 0 aliphatic rings. The second-order valence-corrected chi connectivity index (χ2v) is 4.49.